The third-order valence-electron chi connectivity index (χ3n) is 3.67. The van der Waals surface area contributed by atoms with Gasteiger partial charge in [-0.05, 0) is 49.6 Å². The first kappa shape index (κ1) is 17.9. The van der Waals surface area contributed by atoms with Gasteiger partial charge in [0.15, 0.2) is 0 Å². The van der Waals surface area contributed by atoms with E-state index in [0.29, 0.717) is 6.54 Å². The van der Waals surface area contributed by atoms with Crippen LogP contribution >= 0.6 is 23.4 Å². The quantitative estimate of drug-likeness (QED) is 0.734. The molecule has 0 saturated heterocycles. The van der Waals surface area contributed by atoms with Crippen LogP contribution in [0.25, 0.3) is 0 Å². The summed E-state index contributed by atoms with van der Waals surface area (Å²) in [6, 6.07) is 17.8. The van der Waals surface area contributed by atoms with Crippen molar-refractivity contribution in [2.75, 3.05) is 6.54 Å². The number of thioether (sulfide) groups is 1. The van der Waals surface area contributed by atoms with Crippen molar-refractivity contribution in [3.05, 3.63) is 65.2 Å². The first-order valence-corrected chi connectivity index (χ1v) is 8.86. The molecule has 0 aliphatic rings. The lowest BCUT2D eigenvalue weighted by Gasteiger charge is -2.24. The zero-order valence-corrected chi connectivity index (χ0v) is 15.2. The maximum atomic E-state index is 12.5. The summed E-state index contributed by atoms with van der Waals surface area (Å²) in [6.07, 6.45) is 0. The first-order chi connectivity index (χ1) is 10.9. The van der Waals surface area contributed by atoms with Crippen molar-refractivity contribution >= 4 is 29.3 Å². The van der Waals surface area contributed by atoms with Gasteiger partial charge in [0.05, 0.1) is 4.75 Å². The third-order valence-corrected chi connectivity index (χ3v) is 5.13. The molecule has 0 heterocycles. The normalized spacial score (nSPS) is 12.7. The minimum atomic E-state index is -0.513. The molecule has 4 heteroatoms. The lowest BCUT2D eigenvalue weighted by molar-refractivity contribution is -0.122. The van der Waals surface area contributed by atoms with Gasteiger partial charge in [-0.3, -0.25) is 4.79 Å². The number of hydrogen-bond acceptors (Lipinski definition) is 2. The minimum Gasteiger partial charge on any atom is -0.354 e. The number of amides is 1. The maximum Gasteiger partial charge on any atom is 0.236 e. The van der Waals surface area contributed by atoms with Crippen LogP contribution in [0.2, 0.25) is 5.02 Å². The van der Waals surface area contributed by atoms with Crippen LogP contribution in [0.1, 0.15) is 32.3 Å². The van der Waals surface area contributed by atoms with Crippen molar-refractivity contribution in [3.63, 3.8) is 0 Å². The van der Waals surface area contributed by atoms with E-state index in [1.54, 1.807) is 11.8 Å². The van der Waals surface area contributed by atoms with Crippen molar-refractivity contribution in [1.82, 2.24) is 5.32 Å². The van der Waals surface area contributed by atoms with Gasteiger partial charge in [0.2, 0.25) is 5.91 Å². The second kappa shape index (κ2) is 7.89. The average Bonchev–Trinajstić information content (AvgIpc) is 2.53. The number of carbonyl (C=O) groups excluding carboxylic acids is 1. The summed E-state index contributed by atoms with van der Waals surface area (Å²) in [6.45, 7) is 6.61. The molecular weight excluding hydrogens is 326 g/mol. The molecule has 2 aromatic rings. The highest BCUT2D eigenvalue weighted by molar-refractivity contribution is 8.01. The molecule has 122 valence electrons. The molecule has 0 aliphatic carbocycles. The number of carbonyl (C=O) groups is 1. The van der Waals surface area contributed by atoms with Gasteiger partial charge in [0.25, 0.3) is 0 Å². The van der Waals surface area contributed by atoms with Gasteiger partial charge in [-0.25, -0.2) is 0 Å². The topological polar surface area (TPSA) is 29.1 Å². The Morgan fingerprint density at radius 2 is 1.74 bits per heavy atom. The number of rotatable bonds is 6. The van der Waals surface area contributed by atoms with Crippen molar-refractivity contribution in [2.45, 2.75) is 36.3 Å². The van der Waals surface area contributed by atoms with Gasteiger partial charge in [0.1, 0.15) is 0 Å². The Bertz CT molecular complexity index is 640. The molecule has 0 spiro atoms. The SMILES string of the molecule is CC(CNC(=O)C(C)(C)Sc1ccccc1)c1ccc(Cl)cc1. The van der Waals surface area contributed by atoms with Crippen molar-refractivity contribution in [2.24, 2.45) is 0 Å². The predicted molar refractivity (Wildman–Crippen MR) is 99.3 cm³/mol. The maximum absolute atomic E-state index is 12.5. The van der Waals surface area contributed by atoms with Crippen LogP contribution in [0.15, 0.2) is 59.5 Å². The Hall–Kier alpha value is -1.45. The largest absolute Gasteiger partial charge is 0.354 e. The van der Waals surface area contributed by atoms with Crippen LogP contribution in [0.3, 0.4) is 0 Å². The minimum absolute atomic E-state index is 0.0483. The van der Waals surface area contributed by atoms with E-state index in [9.17, 15) is 4.79 Å². The third kappa shape index (κ3) is 5.29. The van der Waals surface area contributed by atoms with Gasteiger partial charge in [0, 0.05) is 16.5 Å². The summed E-state index contributed by atoms with van der Waals surface area (Å²) < 4.78 is -0.513. The molecule has 2 aromatic carbocycles. The van der Waals surface area contributed by atoms with Crippen molar-refractivity contribution < 1.29 is 4.79 Å². The average molecular weight is 348 g/mol. The van der Waals surface area contributed by atoms with Crippen LogP contribution < -0.4 is 5.32 Å². The summed E-state index contributed by atoms with van der Waals surface area (Å²) >= 11 is 7.48. The lowest BCUT2D eigenvalue weighted by atomic mass is 10.0. The van der Waals surface area contributed by atoms with E-state index in [1.807, 2.05) is 68.4 Å². The molecule has 2 nitrogen and oxygen atoms in total. The number of halogens is 1. The fourth-order valence-electron chi connectivity index (χ4n) is 2.20. The molecule has 1 amide bonds. The van der Waals surface area contributed by atoms with Crippen molar-refractivity contribution in [1.29, 1.82) is 0 Å². The van der Waals surface area contributed by atoms with Crippen LogP contribution in [-0.4, -0.2) is 17.2 Å². The molecule has 2 rings (SSSR count). The number of nitrogens with one attached hydrogen (secondary N) is 1. The van der Waals surface area contributed by atoms with Gasteiger partial charge in [-0.15, -0.1) is 11.8 Å². The highest BCUT2D eigenvalue weighted by atomic mass is 35.5. The second-order valence-corrected chi connectivity index (χ2v) is 8.22. The van der Waals surface area contributed by atoms with E-state index >= 15 is 0 Å². The Morgan fingerprint density at radius 1 is 1.13 bits per heavy atom. The fraction of sp³-hybridized carbons (Fsp3) is 0.316. The van der Waals surface area contributed by atoms with Crippen molar-refractivity contribution in [3.8, 4) is 0 Å². The number of hydrogen-bond donors (Lipinski definition) is 1. The van der Waals surface area contributed by atoms with Gasteiger partial charge >= 0.3 is 0 Å². The van der Waals surface area contributed by atoms with Gasteiger partial charge in [-0.1, -0.05) is 48.9 Å². The first-order valence-electron chi connectivity index (χ1n) is 7.66. The zero-order valence-electron chi connectivity index (χ0n) is 13.7. The molecule has 1 atom stereocenters. The van der Waals surface area contributed by atoms with Crippen LogP contribution in [0.5, 0.6) is 0 Å². The molecule has 0 saturated carbocycles. The van der Waals surface area contributed by atoms with E-state index in [4.69, 9.17) is 11.6 Å². The molecule has 0 fully saturated rings. The zero-order chi connectivity index (χ0) is 16.9. The van der Waals surface area contributed by atoms with Gasteiger partial charge < -0.3 is 5.32 Å². The molecule has 1 N–H and O–H groups in total. The molecular formula is C19H22ClNOS. The summed E-state index contributed by atoms with van der Waals surface area (Å²) in [7, 11) is 0. The van der Waals surface area contributed by atoms with E-state index in [-0.39, 0.29) is 11.8 Å². The second-order valence-electron chi connectivity index (χ2n) is 6.09. The summed E-state index contributed by atoms with van der Waals surface area (Å²) in [5, 5.41) is 3.79. The van der Waals surface area contributed by atoms with E-state index in [2.05, 4.69) is 12.2 Å². The number of benzene rings is 2. The molecule has 0 bridgehead atoms. The fourth-order valence-corrected chi connectivity index (χ4v) is 3.37. The van der Waals surface area contributed by atoms with Crippen LogP contribution in [-0.2, 0) is 4.79 Å². The summed E-state index contributed by atoms with van der Waals surface area (Å²) in [4.78, 5) is 13.6. The lowest BCUT2D eigenvalue weighted by Crippen LogP contribution is -2.41. The van der Waals surface area contributed by atoms with Crippen LogP contribution in [0, 0.1) is 0 Å². The predicted octanol–water partition coefficient (Wildman–Crippen LogP) is 5.13. The summed E-state index contributed by atoms with van der Waals surface area (Å²) in [5.41, 5.74) is 1.17. The van der Waals surface area contributed by atoms with Crippen LogP contribution in [0.4, 0.5) is 0 Å². The molecule has 0 aromatic heterocycles. The Morgan fingerprint density at radius 3 is 2.35 bits per heavy atom. The Balaban J connectivity index is 1.91. The highest BCUT2D eigenvalue weighted by Crippen LogP contribution is 2.32. The molecule has 0 aliphatic heterocycles. The monoisotopic (exact) mass is 347 g/mol. The van der Waals surface area contributed by atoms with Gasteiger partial charge in [-0.2, -0.15) is 0 Å². The van der Waals surface area contributed by atoms with E-state index in [0.717, 1.165) is 9.92 Å². The summed E-state index contributed by atoms with van der Waals surface area (Å²) in [5.74, 6) is 0.293. The Kier molecular flexibility index (Phi) is 6.14. The standard InChI is InChI=1S/C19H22ClNOS/c1-14(15-9-11-16(20)12-10-15)13-21-18(22)19(2,3)23-17-7-5-4-6-8-17/h4-12,14H,13H2,1-3H3,(H,21,22). The molecule has 1 unspecified atom stereocenters. The Labute approximate surface area is 147 Å². The smallest absolute Gasteiger partial charge is 0.236 e. The van der Waals surface area contributed by atoms with E-state index < -0.39 is 4.75 Å². The highest BCUT2D eigenvalue weighted by Gasteiger charge is 2.29. The van der Waals surface area contributed by atoms with E-state index in [1.165, 1.54) is 5.56 Å². The molecule has 23 heavy (non-hydrogen) atoms. The molecule has 0 radical (unpaired) electrons.